The standard InChI is InChI=1S/C10H12N2O/c1-8(10(13)12(2)3)9-5-4-6-11-7-9/h4-7H,1H2,2-3H3. The number of pyridine rings is 1. The van der Waals surface area contributed by atoms with Crippen molar-refractivity contribution >= 4 is 11.5 Å². The van der Waals surface area contributed by atoms with E-state index < -0.39 is 0 Å². The smallest absolute Gasteiger partial charge is 0.253 e. The SMILES string of the molecule is C=C(C(=O)N(C)C)c1cccnc1. The van der Waals surface area contributed by atoms with Crippen molar-refractivity contribution in [1.29, 1.82) is 0 Å². The number of carbonyl (C=O) groups is 1. The largest absolute Gasteiger partial charge is 0.345 e. The summed E-state index contributed by atoms with van der Waals surface area (Å²) in [5, 5.41) is 0. The van der Waals surface area contributed by atoms with Crippen LogP contribution in [0.15, 0.2) is 31.1 Å². The number of rotatable bonds is 2. The Balaban J connectivity index is 2.87. The molecule has 0 atom stereocenters. The molecule has 0 spiro atoms. The van der Waals surface area contributed by atoms with Gasteiger partial charge in [-0.05, 0) is 6.07 Å². The summed E-state index contributed by atoms with van der Waals surface area (Å²) in [5.41, 5.74) is 1.24. The molecule has 68 valence electrons. The van der Waals surface area contributed by atoms with Gasteiger partial charge in [-0.1, -0.05) is 12.6 Å². The molecule has 0 aliphatic heterocycles. The molecule has 0 bridgehead atoms. The monoisotopic (exact) mass is 176 g/mol. The molecule has 0 aliphatic rings. The highest BCUT2D eigenvalue weighted by atomic mass is 16.2. The van der Waals surface area contributed by atoms with Crippen molar-refractivity contribution in [2.75, 3.05) is 14.1 Å². The van der Waals surface area contributed by atoms with Gasteiger partial charge in [-0.3, -0.25) is 9.78 Å². The summed E-state index contributed by atoms with van der Waals surface area (Å²) >= 11 is 0. The zero-order valence-corrected chi connectivity index (χ0v) is 7.82. The van der Waals surface area contributed by atoms with Crippen LogP contribution < -0.4 is 0 Å². The fourth-order valence-electron chi connectivity index (χ4n) is 0.935. The third-order valence-corrected chi connectivity index (χ3v) is 1.67. The van der Waals surface area contributed by atoms with E-state index in [4.69, 9.17) is 0 Å². The Morgan fingerprint density at radius 1 is 1.54 bits per heavy atom. The molecule has 1 aromatic rings. The molecule has 3 heteroatoms. The van der Waals surface area contributed by atoms with Crippen LogP contribution in [0.4, 0.5) is 0 Å². The average Bonchev–Trinajstić information content (AvgIpc) is 2.17. The van der Waals surface area contributed by atoms with E-state index >= 15 is 0 Å². The van der Waals surface area contributed by atoms with Crippen LogP contribution in [-0.2, 0) is 4.79 Å². The van der Waals surface area contributed by atoms with E-state index in [0.717, 1.165) is 5.56 Å². The molecule has 0 aromatic carbocycles. The molecule has 0 saturated carbocycles. The first-order chi connectivity index (χ1) is 6.13. The summed E-state index contributed by atoms with van der Waals surface area (Å²) in [4.78, 5) is 16.9. The molecule has 0 unspecified atom stereocenters. The zero-order chi connectivity index (χ0) is 9.84. The van der Waals surface area contributed by atoms with Crippen LogP contribution in [0.2, 0.25) is 0 Å². The summed E-state index contributed by atoms with van der Waals surface area (Å²) < 4.78 is 0. The summed E-state index contributed by atoms with van der Waals surface area (Å²) in [5.74, 6) is -0.0898. The lowest BCUT2D eigenvalue weighted by molar-refractivity contribution is -0.122. The summed E-state index contributed by atoms with van der Waals surface area (Å²) in [7, 11) is 3.40. The first-order valence-corrected chi connectivity index (χ1v) is 3.94. The minimum absolute atomic E-state index is 0.0898. The molecule has 0 fully saturated rings. The Bertz CT molecular complexity index is 317. The first kappa shape index (κ1) is 9.45. The highest BCUT2D eigenvalue weighted by Gasteiger charge is 2.10. The lowest BCUT2D eigenvalue weighted by Crippen LogP contribution is -2.22. The minimum Gasteiger partial charge on any atom is -0.345 e. The predicted molar refractivity (Wildman–Crippen MR) is 52.0 cm³/mol. The molecule has 0 aliphatic carbocycles. The van der Waals surface area contributed by atoms with Crippen LogP contribution in [0.3, 0.4) is 0 Å². The first-order valence-electron chi connectivity index (χ1n) is 3.94. The van der Waals surface area contributed by atoms with Crippen LogP contribution in [0, 0.1) is 0 Å². The van der Waals surface area contributed by atoms with Crippen LogP contribution in [-0.4, -0.2) is 29.9 Å². The van der Waals surface area contributed by atoms with Crippen molar-refractivity contribution in [2.45, 2.75) is 0 Å². The van der Waals surface area contributed by atoms with E-state index in [1.54, 1.807) is 32.6 Å². The summed E-state index contributed by atoms with van der Waals surface area (Å²) in [6, 6.07) is 3.60. The molecule has 1 rings (SSSR count). The third kappa shape index (κ3) is 2.15. The number of carbonyl (C=O) groups excluding carboxylic acids is 1. The van der Waals surface area contributed by atoms with Crippen molar-refractivity contribution < 1.29 is 4.79 Å². The third-order valence-electron chi connectivity index (χ3n) is 1.67. The number of nitrogens with zero attached hydrogens (tertiary/aromatic N) is 2. The molecule has 13 heavy (non-hydrogen) atoms. The van der Waals surface area contributed by atoms with E-state index in [1.165, 1.54) is 4.90 Å². The average molecular weight is 176 g/mol. The van der Waals surface area contributed by atoms with Crippen LogP contribution in [0.5, 0.6) is 0 Å². The van der Waals surface area contributed by atoms with Crippen molar-refractivity contribution in [3.05, 3.63) is 36.7 Å². The number of hydrogen-bond acceptors (Lipinski definition) is 2. The Morgan fingerprint density at radius 3 is 2.69 bits per heavy atom. The Kier molecular flexibility index (Phi) is 2.80. The molecule has 1 heterocycles. The van der Waals surface area contributed by atoms with Gasteiger partial charge in [-0.25, -0.2) is 0 Å². The van der Waals surface area contributed by atoms with E-state index in [-0.39, 0.29) is 5.91 Å². The fraction of sp³-hybridized carbons (Fsp3) is 0.200. The van der Waals surface area contributed by atoms with Crippen LogP contribution in [0.1, 0.15) is 5.56 Å². The van der Waals surface area contributed by atoms with Crippen molar-refractivity contribution in [1.82, 2.24) is 9.88 Å². The lowest BCUT2D eigenvalue weighted by Gasteiger charge is -2.11. The van der Waals surface area contributed by atoms with E-state index in [1.807, 2.05) is 6.07 Å². The number of aromatic nitrogens is 1. The quantitative estimate of drug-likeness (QED) is 0.634. The zero-order valence-electron chi connectivity index (χ0n) is 7.82. The molecule has 1 amide bonds. The molecular formula is C10H12N2O. The van der Waals surface area contributed by atoms with Gasteiger partial charge in [-0.15, -0.1) is 0 Å². The molecule has 0 N–H and O–H groups in total. The summed E-state index contributed by atoms with van der Waals surface area (Å²) in [6.45, 7) is 3.71. The van der Waals surface area contributed by atoms with Gasteiger partial charge >= 0.3 is 0 Å². The minimum atomic E-state index is -0.0898. The van der Waals surface area contributed by atoms with Crippen molar-refractivity contribution in [2.24, 2.45) is 0 Å². The van der Waals surface area contributed by atoms with E-state index in [2.05, 4.69) is 11.6 Å². The van der Waals surface area contributed by atoms with Gasteiger partial charge in [0.2, 0.25) is 0 Å². The van der Waals surface area contributed by atoms with Gasteiger partial charge in [0.25, 0.3) is 5.91 Å². The fourth-order valence-corrected chi connectivity index (χ4v) is 0.935. The van der Waals surface area contributed by atoms with Crippen LogP contribution in [0.25, 0.3) is 5.57 Å². The number of amides is 1. The van der Waals surface area contributed by atoms with Gasteiger partial charge in [0.1, 0.15) is 0 Å². The molecule has 0 radical (unpaired) electrons. The Hall–Kier alpha value is -1.64. The molecule has 3 nitrogen and oxygen atoms in total. The maximum atomic E-state index is 11.4. The van der Waals surface area contributed by atoms with Gasteiger partial charge < -0.3 is 4.90 Å². The second-order valence-corrected chi connectivity index (χ2v) is 2.92. The van der Waals surface area contributed by atoms with E-state index in [9.17, 15) is 4.79 Å². The highest BCUT2D eigenvalue weighted by molar-refractivity contribution is 6.18. The normalized spacial score (nSPS) is 9.38. The maximum Gasteiger partial charge on any atom is 0.253 e. The van der Waals surface area contributed by atoms with E-state index in [0.29, 0.717) is 5.57 Å². The predicted octanol–water partition coefficient (Wildman–Crippen LogP) is 1.18. The number of hydrogen-bond donors (Lipinski definition) is 0. The summed E-state index contributed by atoms with van der Waals surface area (Å²) in [6.07, 6.45) is 3.29. The van der Waals surface area contributed by atoms with Gasteiger partial charge in [0, 0.05) is 37.6 Å². The lowest BCUT2D eigenvalue weighted by atomic mass is 10.1. The Morgan fingerprint density at radius 2 is 2.23 bits per heavy atom. The topological polar surface area (TPSA) is 33.2 Å². The van der Waals surface area contributed by atoms with Crippen molar-refractivity contribution in [3.8, 4) is 0 Å². The highest BCUT2D eigenvalue weighted by Crippen LogP contribution is 2.11. The van der Waals surface area contributed by atoms with Gasteiger partial charge in [-0.2, -0.15) is 0 Å². The molecular weight excluding hydrogens is 164 g/mol. The number of likely N-dealkylation sites (N-methyl/N-ethyl adjacent to an activating group) is 1. The molecule has 0 saturated heterocycles. The van der Waals surface area contributed by atoms with Crippen LogP contribution >= 0.6 is 0 Å². The second kappa shape index (κ2) is 3.85. The maximum absolute atomic E-state index is 11.4. The van der Waals surface area contributed by atoms with Gasteiger partial charge in [0.15, 0.2) is 0 Å². The Labute approximate surface area is 77.7 Å². The second-order valence-electron chi connectivity index (χ2n) is 2.92. The van der Waals surface area contributed by atoms with Crippen molar-refractivity contribution in [3.63, 3.8) is 0 Å². The van der Waals surface area contributed by atoms with Gasteiger partial charge in [0.05, 0.1) is 0 Å². The molecule has 1 aromatic heterocycles.